The van der Waals surface area contributed by atoms with Gasteiger partial charge in [0.15, 0.2) is 6.61 Å². The first kappa shape index (κ1) is 18.7. The highest BCUT2D eigenvalue weighted by molar-refractivity contribution is 5.95. The summed E-state index contributed by atoms with van der Waals surface area (Å²) >= 11 is 0. The highest BCUT2D eigenvalue weighted by Gasteiger charge is 2.55. The van der Waals surface area contributed by atoms with Gasteiger partial charge in [0.05, 0.1) is 6.10 Å². The zero-order valence-corrected chi connectivity index (χ0v) is 16.0. The van der Waals surface area contributed by atoms with Crippen molar-refractivity contribution < 1.29 is 19.1 Å². The maximum Gasteiger partial charge on any atom is 0.258 e. The van der Waals surface area contributed by atoms with Crippen molar-refractivity contribution in [1.29, 1.82) is 0 Å². The number of nitrogens with one attached hydrogen (secondary N) is 1. The lowest BCUT2D eigenvalue weighted by Gasteiger charge is -2.56. The SMILES string of the molecule is CO[C@@H]1[C@H](C)[C@@H](NC(=O)COc2ccc(N3CCCC3=O)cc2)C1(C)C. The number of benzene rings is 1. The molecule has 1 aliphatic carbocycles. The standard InChI is InChI=1S/C20H28N2O4/c1-13-18(20(2,3)19(13)25-4)21-16(23)12-26-15-9-7-14(8-10-15)22-11-5-6-17(22)24/h7-10,13,18-19H,5-6,11-12H2,1-4H3,(H,21,23)/t13-,18-,19-/m1/s1. The van der Waals surface area contributed by atoms with E-state index in [-0.39, 0.29) is 41.9 Å². The normalized spacial score (nSPS) is 27.2. The number of nitrogens with zero attached hydrogens (tertiary/aromatic N) is 1. The fourth-order valence-electron chi connectivity index (χ4n) is 4.43. The molecule has 1 N–H and O–H groups in total. The molecule has 1 saturated heterocycles. The summed E-state index contributed by atoms with van der Waals surface area (Å²) in [7, 11) is 1.71. The van der Waals surface area contributed by atoms with Crippen LogP contribution in [-0.2, 0) is 14.3 Å². The summed E-state index contributed by atoms with van der Waals surface area (Å²) in [4.78, 5) is 25.8. The van der Waals surface area contributed by atoms with Crippen molar-refractivity contribution in [1.82, 2.24) is 5.32 Å². The van der Waals surface area contributed by atoms with Crippen LogP contribution in [0.15, 0.2) is 24.3 Å². The Balaban J connectivity index is 1.50. The Bertz CT molecular complexity index is 671. The Labute approximate surface area is 154 Å². The van der Waals surface area contributed by atoms with Gasteiger partial charge in [-0.25, -0.2) is 0 Å². The fourth-order valence-corrected chi connectivity index (χ4v) is 4.43. The minimum Gasteiger partial charge on any atom is -0.484 e. The maximum absolute atomic E-state index is 12.2. The third-order valence-corrected chi connectivity index (χ3v) is 5.70. The number of amides is 2. The van der Waals surface area contributed by atoms with Gasteiger partial charge in [-0.1, -0.05) is 20.8 Å². The first-order valence-electron chi connectivity index (χ1n) is 9.20. The van der Waals surface area contributed by atoms with Crippen LogP contribution < -0.4 is 15.0 Å². The second-order valence-corrected chi connectivity index (χ2v) is 7.81. The Morgan fingerprint density at radius 3 is 2.54 bits per heavy atom. The predicted molar refractivity (Wildman–Crippen MR) is 99.2 cm³/mol. The van der Waals surface area contributed by atoms with E-state index < -0.39 is 0 Å². The second-order valence-electron chi connectivity index (χ2n) is 7.81. The van der Waals surface area contributed by atoms with Crippen molar-refractivity contribution in [2.75, 3.05) is 25.2 Å². The molecule has 1 aromatic rings. The summed E-state index contributed by atoms with van der Waals surface area (Å²) in [5, 5.41) is 3.06. The number of anilines is 1. The third-order valence-electron chi connectivity index (χ3n) is 5.70. The fraction of sp³-hybridized carbons (Fsp3) is 0.600. The Morgan fingerprint density at radius 2 is 2.00 bits per heavy atom. The molecule has 1 aliphatic heterocycles. The van der Waals surface area contributed by atoms with Crippen molar-refractivity contribution in [3.8, 4) is 5.75 Å². The molecule has 0 spiro atoms. The van der Waals surface area contributed by atoms with Crippen LogP contribution in [0.4, 0.5) is 5.69 Å². The minimum atomic E-state index is -0.136. The number of hydrogen-bond donors (Lipinski definition) is 1. The molecule has 1 aromatic carbocycles. The molecule has 2 aliphatic rings. The molecule has 26 heavy (non-hydrogen) atoms. The molecule has 2 fully saturated rings. The highest BCUT2D eigenvalue weighted by Crippen LogP contribution is 2.46. The van der Waals surface area contributed by atoms with Crippen LogP contribution in [0.3, 0.4) is 0 Å². The van der Waals surface area contributed by atoms with Gasteiger partial charge in [-0.3, -0.25) is 9.59 Å². The molecule has 0 aromatic heterocycles. The number of ether oxygens (including phenoxy) is 2. The predicted octanol–water partition coefficient (Wildman–Crippen LogP) is 2.37. The van der Waals surface area contributed by atoms with Crippen molar-refractivity contribution >= 4 is 17.5 Å². The lowest BCUT2D eigenvalue weighted by Crippen LogP contribution is -2.68. The molecule has 3 atom stereocenters. The summed E-state index contributed by atoms with van der Waals surface area (Å²) in [5.41, 5.74) is 0.785. The number of methoxy groups -OCH3 is 1. The van der Waals surface area contributed by atoms with E-state index in [1.807, 2.05) is 12.1 Å². The Morgan fingerprint density at radius 1 is 1.31 bits per heavy atom. The van der Waals surface area contributed by atoms with Crippen LogP contribution in [0.1, 0.15) is 33.6 Å². The highest BCUT2D eigenvalue weighted by atomic mass is 16.5. The van der Waals surface area contributed by atoms with E-state index in [2.05, 4.69) is 26.1 Å². The van der Waals surface area contributed by atoms with Gasteiger partial charge in [0.25, 0.3) is 5.91 Å². The number of hydrogen-bond acceptors (Lipinski definition) is 4. The van der Waals surface area contributed by atoms with Crippen molar-refractivity contribution in [3.05, 3.63) is 24.3 Å². The molecule has 6 nitrogen and oxygen atoms in total. The number of carbonyl (C=O) groups excluding carboxylic acids is 2. The van der Waals surface area contributed by atoms with Crippen molar-refractivity contribution in [2.45, 2.75) is 45.8 Å². The average molecular weight is 360 g/mol. The van der Waals surface area contributed by atoms with Gasteiger partial charge < -0.3 is 19.7 Å². The molecule has 0 unspecified atom stereocenters. The van der Waals surface area contributed by atoms with Crippen molar-refractivity contribution in [2.24, 2.45) is 11.3 Å². The monoisotopic (exact) mass is 360 g/mol. The summed E-state index contributed by atoms with van der Waals surface area (Å²) < 4.78 is 11.1. The largest absolute Gasteiger partial charge is 0.484 e. The number of rotatable bonds is 6. The number of carbonyl (C=O) groups is 2. The maximum atomic E-state index is 12.2. The average Bonchev–Trinajstić information content (AvgIpc) is 3.04. The van der Waals surface area contributed by atoms with Crippen LogP contribution in [0.5, 0.6) is 5.75 Å². The third kappa shape index (κ3) is 3.43. The van der Waals surface area contributed by atoms with Crippen molar-refractivity contribution in [3.63, 3.8) is 0 Å². The van der Waals surface area contributed by atoms with E-state index in [1.165, 1.54) is 0 Å². The zero-order valence-electron chi connectivity index (χ0n) is 16.0. The van der Waals surface area contributed by atoms with Gasteiger partial charge in [-0.15, -0.1) is 0 Å². The Kier molecular flexibility index (Phi) is 5.23. The van der Waals surface area contributed by atoms with Crippen LogP contribution in [0, 0.1) is 11.3 Å². The lowest BCUT2D eigenvalue weighted by atomic mass is 9.58. The van der Waals surface area contributed by atoms with E-state index in [1.54, 1.807) is 24.1 Å². The first-order chi connectivity index (χ1) is 12.3. The summed E-state index contributed by atoms with van der Waals surface area (Å²) in [6.45, 7) is 7.03. The van der Waals surface area contributed by atoms with Gasteiger partial charge in [-0.2, -0.15) is 0 Å². The molecule has 1 saturated carbocycles. The minimum absolute atomic E-state index is 0.0288. The van der Waals surface area contributed by atoms with Gasteiger partial charge in [0, 0.05) is 43.1 Å². The molecule has 2 amide bonds. The second kappa shape index (κ2) is 7.27. The summed E-state index contributed by atoms with van der Waals surface area (Å²) in [6, 6.07) is 7.39. The molecule has 6 heteroatoms. The smallest absolute Gasteiger partial charge is 0.258 e. The molecular weight excluding hydrogens is 332 g/mol. The van der Waals surface area contributed by atoms with E-state index in [0.717, 1.165) is 18.7 Å². The topological polar surface area (TPSA) is 67.9 Å². The van der Waals surface area contributed by atoms with Gasteiger partial charge in [0.1, 0.15) is 5.75 Å². The van der Waals surface area contributed by atoms with Crippen LogP contribution >= 0.6 is 0 Å². The summed E-state index contributed by atoms with van der Waals surface area (Å²) in [5.74, 6) is 0.912. The summed E-state index contributed by atoms with van der Waals surface area (Å²) in [6.07, 6.45) is 1.66. The molecule has 1 heterocycles. The van der Waals surface area contributed by atoms with Crippen LogP contribution in [0.25, 0.3) is 0 Å². The molecular formula is C20H28N2O4. The van der Waals surface area contributed by atoms with Gasteiger partial charge >= 0.3 is 0 Å². The first-order valence-corrected chi connectivity index (χ1v) is 9.20. The molecule has 3 rings (SSSR count). The lowest BCUT2D eigenvalue weighted by molar-refractivity contribution is -0.155. The quantitative estimate of drug-likeness (QED) is 0.846. The van der Waals surface area contributed by atoms with Crippen LogP contribution in [0.2, 0.25) is 0 Å². The van der Waals surface area contributed by atoms with E-state index in [4.69, 9.17) is 9.47 Å². The van der Waals surface area contributed by atoms with Gasteiger partial charge in [0.2, 0.25) is 5.91 Å². The molecule has 0 radical (unpaired) electrons. The van der Waals surface area contributed by atoms with E-state index in [9.17, 15) is 9.59 Å². The Hall–Kier alpha value is -2.08. The van der Waals surface area contributed by atoms with E-state index in [0.29, 0.717) is 12.2 Å². The van der Waals surface area contributed by atoms with E-state index >= 15 is 0 Å². The molecule has 142 valence electrons. The molecule has 0 bridgehead atoms. The van der Waals surface area contributed by atoms with Crippen LogP contribution in [-0.4, -0.2) is 44.2 Å². The zero-order chi connectivity index (χ0) is 18.9. The van der Waals surface area contributed by atoms with Gasteiger partial charge in [-0.05, 0) is 30.7 Å².